The summed E-state index contributed by atoms with van der Waals surface area (Å²) in [6.07, 6.45) is 1.68. The van der Waals surface area contributed by atoms with Crippen molar-refractivity contribution in [1.29, 1.82) is 0 Å². The van der Waals surface area contributed by atoms with Gasteiger partial charge in [-0.2, -0.15) is 0 Å². The molecule has 0 aliphatic carbocycles. The fourth-order valence-electron chi connectivity index (χ4n) is 1.64. The standard InChI is InChI=1S/C16H13ClFNO/c1-12-4-3-9-19-15(12)11-20-16-10-13(5-2-8-17)6-7-14(16)18/h3-4,6-7,9-10H,8,11H2,1H3. The third kappa shape index (κ3) is 3.72. The van der Waals surface area contributed by atoms with Gasteiger partial charge in [0.05, 0.1) is 11.6 Å². The maximum atomic E-state index is 13.7. The molecule has 0 N–H and O–H groups in total. The Bertz CT molecular complexity index is 661. The molecule has 102 valence electrons. The summed E-state index contributed by atoms with van der Waals surface area (Å²) in [6, 6.07) is 8.27. The van der Waals surface area contributed by atoms with Gasteiger partial charge in [0.25, 0.3) is 0 Å². The molecule has 1 heterocycles. The van der Waals surface area contributed by atoms with Gasteiger partial charge >= 0.3 is 0 Å². The van der Waals surface area contributed by atoms with Crippen molar-refractivity contribution in [1.82, 2.24) is 4.98 Å². The van der Waals surface area contributed by atoms with Gasteiger partial charge in [-0.05, 0) is 36.8 Å². The van der Waals surface area contributed by atoms with Crippen LogP contribution < -0.4 is 4.74 Å². The zero-order valence-corrected chi connectivity index (χ0v) is 11.7. The van der Waals surface area contributed by atoms with Crippen molar-refractivity contribution in [2.75, 3.05) is 5.88 Å². The fraction of sp³-hybridized carbons (Fsp3) is 0.188. The minimum Gasteiger partial charge on any atom is -0.484 e. The Kier molecular flexibility index (Phi) is 4.97. The van der Waals surface area contributed by atoms with Crippen molar-refractivity contribution < 1.29 is 9.13 Å². The largest absolute Gasteiger partial charge is 0.484 e. The number of alkyl halides is 1. The van der Waals surface area contributed by atoms with Crippen LogP contribution in [-0.4, -0.2) is 10.9 Å². The van der Waals surface area contributed by atoms with E-state index in [0.717, 1.165) is 11.3 Å². The van der Waals surface area contributed by atoms with Crippen LogP contribution in [0.25, 0.3) is 0 Å². The summed E-state index contributed by atoms with van der Waals surface area (Å²) in [5, 5.41) is 0. The molecule has 20 heavy (non-hydrogen) atoms. The summed E-state index contributed by atoms with van der Waals surface area (Å²) in [6.45, 7) is 2.15. The first-order chi connectivity index (χ1) is 9.70. The summed E-state index contributed by atoms with van der Waals surface area (Å²) < 4.78 is 19.2. The third-order valence-corrected chi connectivity index (χ3v) is 2.85. The van der Waals surface area contributed by atoms with E-state index >= 15 is 0 Å². The van der Waals surface area contributed by atoms with Crippen molar-refractivity contribution in [3.05, 3.63) is 59.2 Å². The number of halogens is 2. The average Bonchev–Trinajstić information content (AvgIpc) is 2.46. The molecule has 2 rings (SSSR count). The minimum absolute atomic E-state index is 0.163. The molecular formula is C16H13ClFNO. The summed E-state index contributed by atoms with van der Waals surface area (Å²) in [5.41, 5.74) is 2.45. The highest BCUT2D eigenvalue weighted by molar-refractivity contribution is 6.19. The van der Waals surface area contributed by atoms with E-state index in [1.807, 2.05) is 19.1 Å². The van der Waals surface area contributed by atoms with E-state index < -0.39 is 5.82 Å². The van der Waals surface area contributed by atoms with Gasteiger partial charge in [-0.15, -0.1) is 11.6 Å². The Balaban J connectivity index is 2.15. The first-order valence-electron chi connectivity index (χ1n) is 6.08. The molecule has 0 spiro atoms. The second-order valence-electron chi connectivity index (χ2n) is 4.14. The normalized spacial score (nSPS) is 9.75. The second-order valence-corrected chi connectivity index (χ2v) is 4.40. The van der Waals surface area contributed by atoms with Crippen LogP contribution in [0.2, 0.25) is 0 Å². The van der Waals surface area contributed by atoms with Crippen molar-refractivity contribution in [2.45, 2.75) is 13.5 Å². The van der Waals surface area contributed by atoms with Gasteiger partial charge in [0, 0.05) is 11.8 Å². The second kappa shape index (κ2) is 6.93. The highest BCUT2D eigenvalue weighted by Crippen LogP contribution is 2.20. The molecule has 0 aliphatic heterocycles. The van der Waals surface area contributed by atoms with Crippen molar-refractivity contribution >= 4 is 11.6 Å². The van der Waals surface area contributed by atoms with E-state index in [2.05, 4.69) is 16.8 Å². The van der Waals surface area contributed by atoms with Crippen molar-refractivity contribution in [2.24, 2.45) is 0 Å². The molecule has 2 nitrogen and oxygen atoms in total. The topological polar surface area (TPSA) is 22.1 Å². The SMILES string of the molecule is Cc1cccnc1COc1cc(C#CCCl)ccc1F. The number of rotatable bonds is 3. The number of nitrogens with zero attached hydrogens (tertiary/aromatic N) is 1. The molecule has 4 heteroatoms. The maximum Gasteiger partial charge on any atom is 0.165 e. The Morgan fingerprint density at radius 1 is 1.35 bits per heavy atom. The number of hydrogen-bond acceptors (Lipinski definition) is 2. The molecule has 0 atom stereocenters. The number of hydrogen-bond donors (Lipinski definition) is 0. The first-order valence-corrected chi connectivity index (χ1v) is 6.62. The fourth-order valence-corrected chi connectivity index (χ4v) is 1.71. The number of pyridine rings is 1. The molecule has 0 bridgehead atoms. The van der Waals surface area contributed by atoms with Crippen LogP contribution in [0.1, 0.15) is 16.8 Å². The molecule has 1 aromatic heterocycles. The summed E-state index contributed by atoms with van der Waals surface area (Å²) >= 11 is 5.49. The number of ether oxygens (including phenoxy) is 1. The molecule has 1 aromatic carbocycles. The molecule has 0 radical (unpaired) electrons. The highest BCUT2D eigenvalue weighted by Gasteiger charge is 2.06. The van der Waals surface area contributed by atoms with Crippen LogP contribution in [-0.2, 0) is 6.61 Å². The molecule has 0 amide bonds. The van der Waals surface area contributed by atoms with Gasteiger partial charge in [-0.25, -0.2) is 4.39 Å². The van der Waals surface area contributed by atoms with E-state index in [1.165, 1.54) is 6.07 Å². The van der Waals surface area contributed by atoms with Crippen LogP contribution in [0.4, 0.5) is 4.39 Å². The predicted octanol–water partition coefficient (Wildman–Crippen LogP) is 3.70. The summed E-state index contributed by atoms with van der Waals surface area (Å²) in [4.78, 5) is 4.20. The van der Waals surface area contributed by atoms with Crippen LogP contribution in [0, 0.1) is 24.6 Å². The lowest BCUT2D eigenvalue weighted by molar-refractivity contribution is 0.285. The third-order valence-electron chi connectivity index (χ3n) is 2.71. The Hall–Kier alpha value is -2.05. The van der Waals surface area contributed by atoms with Gasteiger partial charge in [0.2, 0.25) is 0 Å². The number of benzene rings is 1. The monoisotopic (exact) mass is 289 g/mol. The predicted molar refractivity (Wildman–Crippen MR) is 77.3 cm³/mol. The molecule has 0 fully saturated rings. The Morgan fingerprint density at radius 2 is 2.20 bits per heavy atom. The van der Waals surface area contributed by atoms with Gasteiger partial charge < -0.3 is 4.74 Å². The van der Waals surface area contributed by atoms with Crippen LogP contribution >= 0.6 is 11.6 Å². The lowest BCUT2D eigenvalue weighted by Crippen LogP contribution is -2.02. The minimum atomic E-state index is -0.421. The molecule has 0 saturated heterocycles. The smallest absolute Gasteiger partial charge is 0.165 e. The van der Waals surface area contributed by atoms with Crippen LogP contribution in [0.15, 0.2) is 36.5 Å². The first kappa shape index (κ1) is 14.4. The van der Waals surface area contributed by atoms with Gasteiger partial charge in [0.1, 0.15) is 6.61 Å². The molecule has 0 unspecified atom stereocenters. The Morgan fingerprint density at radius 3 is 2.95 bits per heavy atom. The highest BCUT2D eigenvalue weighted by atomic mass is 35.5. The lowest BCUT2D eigenvalue weighted by Gasteiger charge is -2.08. The van der Waals surface area contributed by atoms with Crippen molar-refractivity contribution in [3.63, 3.8) is 0 Å². The Labute approximate surface area is 122 Å². The molecule has 2 aromatic rings. The van der Waals surface area contributed by atoms with E-state index in [0.29, 0.717) is 5.56 Å². The van der Waals surface area contributed by atoms with E-state index in [-0.39, 0.29) is 18.2 Å². The van der Waals surface area contributed by atoms with Crippen LogP contribution in [0.5, 0.6) is 5.75 Å². The zero-order valence-electron chi connectivity index (χ0n) is 11.0. The van der Waals surface area contributed by atoms with Crippen LogP contribution in [0.3, 0.4) is 0 Å². The number of aryl methyl sites for hydroxylation is 1. The van der Waals surface area contributed by atoms with E-state index in [9.17, 15) is 4.39 Å². The number of aromatic nitrogens is 1. The van der Waals surface area contributed by atoms with Crippen molar-refractivity contribution in [3.8, 4) is 17.6 Å². The zero-order chi connectivity index (χ0) is 14.4. The molecule has 0 saturated carbocycles. The van der Waals surface area contributed by atoms with E-state index in [4.69, 9.17) is 16.3 Å². The van der Waals surface area contributed by atoms with E-state index in [1.54, 1.807) is 18.3 Å². The average molecular weight is 290 g/mol. The molecule has 0 aliphatic rings. The van der Waals surface area contributed by atoms with Gasteiger partial charge in [-0.3, -0.25) is 4.98 Å². The van der Waals surface area contributed by atoms with Gasteiger partial charge in [-0.1, -0.05) is 17.9 Å². The molecular weight excluding hydrogens is 277 g/mol. The van der Waals surface area contributed by atoms with Gasteiger partial charge in [0.15, 0.2) is 11.6 Å². The lowest BCUT2D eigenvalue weighted by atomic mass is 10.2. The maximum absolute atomic E-state index is 13.7. The summed E-state index contributed by atoms with van der Waals surface area (Å²) in [7, 11) is 0. The quantitative estimate of drug-likeness (QED) is 0.635. The summed E-state index contributed by atoms with van der Waals surface area (Å²) in [5.74, 6) is 5.53.